The molecule has 0 aliphatic heterocycles. The molecule has 0 fully saturated rings. The van der Waals surface area contributed by atoms with E-state index in [9.17, 15) is 8.78 Å². The van der Waals surface area contributed by atoms with Crippen LogP contribution in [0.1, 0.15) is 30.0 Å². The molecule has 3 heteroatoms. The third-order valence-electron chi connectivity index (χ3n) is 3.07. The first-order valence-corrected chi connectivity index (χ1v) is 6.55. The minimum Gasteiger partial charge on any atom is -0.505 e. The van der Waals surface area contributed by atoms with Crippen molar-refractivity contribution in [2.24, 2.45) is 0 Å². The number of phenols is 1. The van der Waals surface area contributed by atoms with Gasteiger partial charge in [-0.05, 0) is 29.7 Å². The molecule has 0 atom stereocenters. The van der Waals surface area contributed by atoms with Gasteiger partial charge in [-0.1, -0.05) is 49.8 Å². The van der Waals surface area contributed by atoms with Crippen molar-refractivity contribution >= 4 is 12.2 Å². The molecule has 0 aromatic heterocycles. The normalized spacial score (nSPS) is 11.2. The standard InChI is InChI=1S/C17H16F2O/c1-2-3-12-4-6-13(7-5-12)8-9-14-10-11-15(20)17(19)16(14)18/h4-11,20H,2-3H2,1H3. The summed E-state index contributed by atoms with van der Waals surface area (Å²) in [4.78, 5) is 0. The SMILES string of the molecule is CCCc1ccc(C=Cc2ccc(O)c(F)c2F)cc1. The first kappa shape index (κ1) is 14.3. The van der Waals surface area contributed by atoms with Crippen LogP contribution in [0.3, 0.4) is 0 Å². The Kier molecular flexibility index (Phi) is 4.51. The molecule has 0 aliphatic rings. The molecule has 2 rings (SSSR count). The van der Waals surface area contributed by atoms with Crippen LogP contribution in [0.25, 0.3) is 12.2 Å². The molecule has 0 spiro atoms. The molecule has 2 aromatic rings. The van der Waals surface area contributed by atoms with E-state index >= 15 is 0 Å². The lowest BCUT2D eigenvalue weighted by atomic mass is 10.1. The van der Waals surface area contributed by atoms with Gasteiger partial charge < -0.3 is 5.11 Å². The summed E-state index contributed by atoms with van der Waals surface area (Å²) in [5.74, 6) is -2.93. The maximum absolute atomic E-state index is 13.5. The highest BCUT2D eigenvalue weighted by atomic mass is 19.2. The summed E-state index contributed by atoms with van der Waals surface area (Å²) in [6.07, 6.45) is 5.33. The zero-order valence-electron chi connectivity index (χ0n) is 11.2. The number of aryl methyl sites for hydroxylation is 1. The number of hydrogen-bond acceptors (Lipinski definition) is 1. The Morgan fingerprint density at radius 3 is 2.30 bits per heavy atom. The summed E-state index contributed by atoms with van der Waals surface area (Å²) in [6.45, 7) is 2.12. The van der Waals surface area contributed by atoms with Crippen LogP contribution in [-0.2, 0) is 6.42 Å². The minimum atomic E-state index is -1.22. The Labute approximate surface area is 117 Å². The van der Waals surface area contributed by atoms with Gasteiger partial charge in [-0.15, -0.1) is 0 Å². The fourth-order valence-corrected chi connectivity index (χ4v) is 1.95. The fraction of sp³-hybridized carbons (Fsp3) is 0.176. The number of hydrogen-bond donors (Lipinski definition) is 1. The topological polar surface area (TPSA) is 20.2 Å². The van der Waals surface area contributed by atoms with Crippen molar-refractivity contribution in [3.63, 3.8) is 0 Å². The molecule has 20 heavy (non-hydrogen) atoms. The van der Waals surface area contributed by atoms with Crippen molar-refractivity contribution in [3.05, 3.63) is 64.7 Å². The molecule has 0 heterocycles. The van der Waals surface area contributed by atoms with Crippen molar-refractivity contribution in [1.29, 1.82) is 0 Å². The van der Waals surface area contributed by atoms with Crippen molar-refractivity contribution < 1.29 is 13.9 Å². The van der Waals surface area contributed by atoms with Gasteiger partial charge in [0.2, 0.25) is 5.82 Å². The van der Waals surface area contributed by atoms with Crippen LogP contribution in [0.2, 0.25) is 0 Å². The van der Waals surface area contributed by atoms with E-state index in [0.717, 1.165) is 24.5 Å². The van der Waals surface area contributed by atoms with Crippen molar-refractivity contribution in [3.8, 4) is 5.75 Å². The first-order valence-electron chi connectivity index (χ1n) is 6.55. The van der Waals surface area contributed by atoms with Crippen molar-refractivity contribution in [2.45, 2.75) is 19.8 Å². The highest BCUT2D eigenvalue weighted by molar-refractivity contribution is 5.70. The van der Waals surface area contributed by atoms with Crippen LogP contribution in [0, 0.1) is 11.6 Å². The minimum absolute atomic E-state index is 0.109. The van der Waals surface area contributed by atoms with E-state index in [1.165, 1.54) is 17.7 Å². The van der Waals surface area contributed by atoms with E-state index in [1.807, 2.05) is 24.3 Å². The first-order chi connectivity index (χ1) is 9.61. The Morgan fingerprint density at radius 2 is 1.65 bits per heavy atom. The van der Waals surface area contributed by atoms with E-state index in [1.54, 1.807) is 6.08 Å². The van der Waals surface area contributed by atoms with Crippen LogP contribution < -0.4 is 0 Å². The van der Waals surface area contributed by atoms with Gasteiger partial charge in [-0.3, -0.25) is 0 Å². The predicted molar refractivity (Wildman–Crippen MR) is 77.4 cm³/mol. The van der Waals surface area contributed by atoms with Crippen molar-refractivity contribution in [2.75, 3.05) is 0 Å². The Balaban J connectivity index is 2.19. The zero-order chi connectivity index (χ0) is 14.5. The van der Waals surface area contributed by atoms with Gasteiger partial charge in [-0.25, -0.2) is 4.39 Å². The maximum atomic E-state index is 13.5. The van der Waals surface area contributed by atoms with Crippen LogP contribution >= 0.6 is 0 Å². The summed E-state index contributed by atoms with van der Waals surface area (Å²) in [6, 6.07) is 10.4. The molecular weight excluding hydrogens is 258 g/mol. The summed E-state index contributed by atoms with van der Waals surface area (Å²) in [7, 11) is 0. The van der Waals surface area contributed by atoms with E-state index in [0.29, 0.717) is 0 Å². The fourth-order valence-electron chi connectivity index (χ4n) is 1.95. The van der Waals surface area contributed by atoms with E-state index in [4.69, 9.17) is 5.11 Å². The molecule has 0 bridgehead atoms. The van der Waals surface area contributed by atoms with Crippen molar-refractivity contribution in [1.82, 2.24) is 0 Å². The van der Waals surface area contributed by atoms with Crippen LogP contribution in [0.4, 0.5) is 8.78 Å². The van der Waals surface area contributed by atoms with Gasteiger partial charge in [0.15, 0.2) is 11.6 Å². The predicted octanol–water partition coefficient (Wildman–Crippen LogP) is 4.79. The second-order valence-electron chi connectivity index (χ2n) is 4.63. The van der Waals surface area contributed by atoms with Gasteiger partial charge >= 0.3 is 0 Å². The second kappa shape index (κ2) is 6.33. The van der Waals surface area contributed by atoms with Gasteiger partial charge in [0, 0.05) is 5.56 Å². The quantitative estimate of drug-likeness (QED) is 0.794. The van der Waals surface area contributed by atoms with Gasteiger partial charge in [-0.2, -0.15) is 4.39 Å². The highest BCUT2D eigenvalue weighted by Crippen LogP contribution is 2.22. The molecule has 2 aromatic carbocycles. The Morgan fingerprint density at radius 1 is 0.950 bits per heavy atom. The summed E-state index contributed by atoms with van der Waals surface area (Å²) >= 11 is 0. The molecule has 0 aliphatic carbocycles. The van der Waals surface area contributed by atoms with Crippen LogP contribution in [0.5, 0.6) is 5.75 Å². The average molecular weight is 274 g/mol. The molecule has 0 saturated heterocycles. The van der Waals surface area contributed by atoms with E-state index < -0.39 is 17.4 Å². The maximum Gasteiger partial charge on any atom is 0.200 e. The lowest BCUT2D eigenvalue weighted by molar-refractivity contribution is 0.406. The number of phenolic OH excluding ortho intramolecular Hbond substituents is 1. The number of benzene rings is 2. The number of aromatic hydroxyl groups is 1. The van der Waals surface area contributed by atoms with Crippen LogP contribution in [0.15, 0.2) is 36.4 Å². The molecular formula is C17H16F2O. The zero-order valence-corrected chi connectivity index (χ0v) is 11.2. The van der Waals surface area contributed by atoms with E-state index in [2.05, 4.69) is 6.92 Å². The number of halogens is 2. The smallest absolute Gasteiger partial charge is 0.200 e. The molecule has 0 radical (unpaired) electrons. The molecule has 0 unspecified atom stereocenters. The molecule has 0 amide bonds. The van der Waals surface area contributed by atoms with Crippen LogP contribution in [-0.4, -0.2) is 5.11 Å². The molecule has 104 valence electrons. The lowest BCUT2D eigenvalue weighted by Gasteiger charge is -2.01. The average Bonchev–Trinajstić information content (AvgIpc) is 2.46. The molecule has 0 saturated carbocycles. The molecule has 1 nitrogen and oxygen atoms in total. The summed E-state index contributed by atoms with van der Waals surface area (Å²) in [5, 5.41) is 9.05. The van der Waals surface area contributed by atoms with Gasteiger partial charge in [0.1, 0.15) is 0 Å². The monoisotopic (exact) mass is 274 g/mol. The van der Waals surface area contributed by atoms with E-state index in [-0.39, 0.29) is 5.56 Å². The van der Waals surface area contributed by atoms with Gasteiger partial charge in [0.05, 0.1) is 0 Å². The number of rotatable bonds is 4. The summed E-state index contributed by atoms with van der Waals surface area (Å²) < 4.78 is 26.7. The lowest BCUT2D eigenvalue weighted by Crippen LogP contribution is -1.88. The van der Waals surface area contributed by atoms with Gasteiger partial charge in [0.25, 0.3) is 0 Å². The third kappa shape index (κ3) is 3.23. The second-order valence-corrected chi connectivity index (χ2v) is 4.63. The summed E-state index contributed by atoms with van der Waals surface area (Å²) in [5.41, 5.74) is 2.28. The highest BCUT2D eigenvalue weighted by Gasteiger charge is 2.10. The molecule has 1 N–H and O–H groups in total. The Hall–Kier alpha value is -2.16. The largest absolute Gasteiger partial charge is 0.505 e. The Bertz CT molecular complexity index is 616. The third-order valence-corrected chi connectivity index (χ3v) is 3.07.